The Balaban J connectivity index is 1.94. The molecule has 9 heteroatoms. The van der Waals surface area contributed by atoms with Gasteiger partial charge in [0.15, 0.2) is 0 Å². The highest BCUT2D eigenvalue weighted by Gasteiger charge is 2.23. The molecular formula is C17H18BrN3O4S. The summed E-state index contributed by atoms with van der Waals surface area (Å²) in [7, 11) is -2.50. The van der Waals surface area contributed by atoms with Gasteiger partial charge in [0.05, 0.1) is 11.4 Å². The third-order valence-electron chi connectivity index (χ3n) is 3.50. The summed E-state index contributed by atoms with van der Waals surface area (Å²) in [5, 5.41) is 0. The first-order valence-corrected chi connectivity index (χ1v) is 9.81. The molecule has 0 saturated heterocycles. The lowest BCUT2D eigenvalue weighted by molar-refractivity contribution is -0.121. The molecule has 2 aromatic rings. The van der Waals surface area contributed by atoms with E-state index in [0.29, 0.717) is 5.56 Å². The van der Waals surface area contributed by atoms with Crippen molar-refractivity contribution in [1.82, 2.24) is 15.2 Å². The molecule has 2 N–H and O–H groups in total. The van der Waals surface area contributed by atoms with Crippen molar-refractivity contribution in [2.45, 2.75) is 11.8 Å². The van der Waals surface area contributed by atoms with Crippen LogP contribution in [0.15, 0.2) is 57.9 Å². The van der Waals surface area contributed by atoms with Gasteiger partial charge >= 0.3 is 0 Å². The Bertz CT molecular complexity index is 914. The van der Waals surface area contributed by atoms with E-state index in [-0.39, 0.29) is 4.90 Å². The fraction of sp³-hybridized carbons (Fsp3) is 0.176. The lowest BCUT2D eigenvalue weighted by Crippen LogP contribution is -2.46. The van der Waals surface area contributed by atoms with Gasteiger partial charge in [0.2, 0.25) is 10.0 Å². The first-order valence-electron chi connectivity index (χ1n) is 7.58. The van der Waals surface area contributed by atoms with E-state index in [9.17, 15) is 18.0 Å². The predicted octanol–water partition coefficient (Wildman–Crippen LogP) is 1.84. The van der Waals surface area contributed by atoms with Crippen molar-refractivity contribution >= 4 is 37.8 Å². The maximum Gasteiger partial charge on any atom is 0.269 e. The summed E-state index contributed by atoms with van der Waals surface area (Å²) in [6.45, 7) is 1.41. The second-order valence-electron chi connectivity index (χ2n) is 5.59. The smallest absolute Gasteiger partial charge is 0.269 e. The van der Waals surface area contributed by atoms with E-state index in [2.05, 4.69) is 26.8 Å². The monoisotopic (exact) mass is 439 g/mol. The van der Waals surface area contributed by atoms with Crippen molar-refractivity contribution < 1.29 is 18.0 Å². The Kier molecular flexibility index (Phi) is 6.52. The molecule has 7 nitrogen and oxygen atoms in total. The van der Waals surface area contributed by atoms with Gasteiger partial charge in [0.1, 0.15) is 0 Å². The Labute approximate surface area is 160 Å². The van der Waals surface area contributed by atoms with Gasteiger partial charge in [-0.25, -0.2) is 8.42 Å². The van der Waals surface area contributed by atoms with Gasteiger partial charge < -0.3 is 0 Å². The Morgan fingerprint density at radius 1 is 1.08 bits per heavy atom. The minimum Gasteiger partial charge on any atom is -0.272 e. The number of nitrogens with one attached hydrogen (secondary N) is 2. The number of carbonyl (C=O) groups is 2. The van der Waals surface area contributed by atoms with Crippen molar-refractivity contribution in [1.29, 1.82) is 0 Å². The first kappa shape index (κ1) is 20.1. The number of halogens is 1. The molecule has 0 heterocycles. The van der Waals surface area contributed by atoms with E-state index < -0.39 is 28.4 Å². The van der Waals surface area contributed by atoms with Gasteiger partial charge in [-0.1, -0.05) is 39.7 Å². The molecule has 0 aliphatic carbocycles. The number of rotatable bonds is 5. The van der Waals surface area contributed by atoms with Crippen LogP contribution in [0, 0.1) is 6.92 Å². The highest BCUT2D eigenvalue weighted by molar-refractivity contribution is 9.10. The van der Waals surface area contributed by atoms with E-state index in [1.165, 1.54) is 19.2 Å². The topological polar surface area (TPSA) is 95.6 Å². The Morgan fingerprint density at radius 3 is 2.35 bits per heavy atom. The fourth-order valence-electron chi connectivity index (χ4n) is 2.05. The second-order valence-corrected chi connectivity index (χ2v) is 8.55. The van der Waals surface area contributed by atoms with E-state index in [4.69, 9.17) is 0 Å². The van der Waals surface area contributed by atoms with Crippen molar-refractivity contribution in [3.05, 3.63) is 64.1 Å². The van der Waals surface area contributed by atoms with Crippen LogP contribution in [0.4, 0.5) is 0 Å². The van der Waals surface area contributed by atoms with Crippen molar-refractivity contribution in [3.8, 4) is 0 Å². The summed E-state index contributed by atoms with van der Waals surface area (Å²) >= 11 is 3.25. The van der Waals surface area contributed by atoms with Crippen LogP contribution in [-0.4, -0.2) is 38.1 Å². The zero-order chi connectivity index (χ0) is 19.3. The number of carbonyl (C=O) groups excluding carboxylic acids is 2. The van der Waals surface area contributed by atoms with Crippen molar-refractivity contribution in [3.63, 3.8) is 0 Å². The van der Waals surface area contributed by atoms with E-state index >= 15 is 0 Å². The molecule has 0 aliphatic rings. The lowest BCUT2D eigenvalue weighted by atomic mass is 10.2. The summed E-state index contributed by atoms with van der Waals surface area (Å²) in [4.78, 5) is 24.0. The number of hydrogen-bond acceptors (Lipinski definition) is 4. The van der Waals surface area contributed by atoms with Gasteiger partial charge in [-0.3, -0.25) is 20.4 Å². The summed E-state index contributed by atoms with van der Waals surface area (Å²) in [6.07, 6.45) is 0. The molecule has 2 rings (SSSR count). The Hall–Kier alpha value is -2.23. The average Bonchev–Trinajstić information content (AvgIpc) is 2.60. The van der Waals surface area contributed by atoms with Crippen molar-refractivity contribution in [2.24, 2.45) is 0 Å². The van der Waals surface area contributed by atoms with Gasteiger partial charge in [0.25, 0.3) is 11.8 Å². The fourth-order valence-corrected chi connectivity index (χ4v) is 3.57. The Morgan fingerprint density at radius 2 is 1.73 bits per heavy atom. The number of nitrogens with zero attached hydrogens (tertiary/aromatic N) is 1. The maximum absolute atomic E-state index is 12.4. The van der Waals surface area contributed by atoms with E-state index in [0.717, 1.165) is 14.3 Å². The molecule has 0 spiro atoms. The third-order valence-corrected chi connectivity index (χ3v) is 5.81. The second kappa shape index (κ2) is 8.43. The van der Waals surface area contributed by atoms with Crippen LogP contribution in [0.25, 0.3) is 0 Å². The SMILES string of the molecule is Cc1ccc(S(=O)(=O)N(C)CC(=O)NNC(=O)c2cccc(Br)c2)cc1. The summed E-state index contributed by atoms with van der Waals surface area (Å²) < 4.78 is 26.5. The minimum atomic E-state index is -3.79. The number of aryl methyl sites for hydroxylation is 1. The number of hydrogen-bond donors (Lipinski definition) is 2. The normalized spacial score (nSPS) is 11.2. The molecule has 0 atom stereocenters. The molecule has 138 valence electrons. The zero-order valence-corrected chi connectivity index (χ0v) is 16.6. The number of benzene rings is 2. The predicted molar refractivity (Wildman–Crippen MR) is 101 cm³/mol. The average molecular weight is 440 g/mol. The maximum atomic E-state index is 12.4. The first-order chi connectivity index (χ1) is 12.2. The van der Waals surface area contributed by atoms with Crippen LogP contribution in [0.2, 0.25) is 0 Å². The number of hydrazine groups is 1. The molecule has 0 unspecified atom stereocenters. The number of sulfonamides is 1. The largest absolute Gasteiger partial charge is 0.272 e. The molecule has 0 fully saturated rings. The van der Waals surface area contributed by atoms with Crippen LogP contribution in [0.3, 0.4) is 0 Å². The molecule has 2 amide bonds. The molecule has 0 radical (unpaired) electrons. The molecule has 0 saturated carbocycles. The summed E-state index contributed by atoms with van der Waals surface area (Å²) in [6, 6.07) is 12.9. The van der Waals surface area contributed by atoms with Crippen LogP contribution < -0.4 is 10.9 Å². The molecule has 0 bridgehead atoms. The lowest BCUT2D eigenvalue weighted by Gasteiger charge is -2.17. The summed E-state index contributed by atoms with van der Waals surface area (Å²) in [5.41, 5.74) is 5.73. The highest BCUT2D eigenvalue weighted by Crippen LogP contribution is 2.14. The van der Waals surface area contributed by atoms with Gasteiger partial charge in [-0.15, -0.1) is 0 Å². The van der Waals surface area contributed by atoms with Gasteiger partial charge in [-0.05, 0) is 37.3 Å². The van der Waals surface area contributed by atoms with Gasteiger partial charge in [0, 0.05) is 17.1 Å². The zero-order valence-electron chi connectivity index (χ0n) is 14.2. The van der Waals surface area contributed by atoms with Crippen LogP contribution in [0.1, 0.15) is 15.9 Å². The molecule has 26 heavy (non-hydrogen) atoms. The van der Waals surface area contributed by atoms with E-state index in [1.807, 2.05) is 6.92 Å². The molecule has 2 aromatic carbocycles. The highest BCUT2D eigenvalue weighted by atomic mass is 79.9. The molecule has 0 aromatic heterocycles. The minimum absolute atomic E-state index is 0.0940. The van der Waals surface area contributed by atoms with Gasteiger partial charge in [-0.2, -0.15) is 4.31 Å². The number of likely N-dealkylation sites (N-methyl/N-ethyl adjacent to an activating group) is 1. The molecular weight excluding hydrogens is 422 g/mol. The summed E-state index contributed by atoms with van der Waals surface area (Å²) in [5.74, 6) is -1.17. The van der Waals surface area contributed by atoms with Crippen LogP contribution in [-0.2, 0) is 14.8 Å². The quantitative estimate of drug-likeness (QED) is 0.694. The van der Waals surface area contributed by atoms with Crippen molar-refractivity contribution in [2.75, 3.05) is 13.6 Å². The van der Waals surface area contributed by atoms with Crippen LogP contribution >= 0.6 is 15.9 Å². The standard InChI is InChI=1S/C17H18BrN3O4S/c1-12-6-8-15(9-7-12)26(24,25)21(2)11-16(22)19-20-17(23)13-4-3-5-14(18)10-13/h3-10H,11H2,1-2H3,(H,19,22)(H,20,23). The third kappa shape index (κ3) is 5.13. The molecule has 0 aliphatic heterocycles. The number of amides is 2. The van der Waals surface area contributed by atoms with Crippen LogP contribution in [0.5, 0.6) is 0 Å². The van der Waals surface area contributed by atoms with E-state index in [1.54, 1.807) is 36.4 Å².